The summed E-state index contributed by atoms with van der Waals surface area (Å²) >= 11 is 0. The predicted molar refractivity (Wildman–Crippen MR) is 161 cm³/mol. The molecule has 0 bridgehead atoms. The van der Waals surface area contributed by atoms with Crippen molar-refractivity contribution in [2.75, 3.05) is 44.7 Å². The van der Waals surface area contributed by atoms with Crippen molar-refractivity contribution >= 4 is 28.5 Å². The Hall–Kier alpha value is -4.61. The van der Waals surface area contributed by atoms with E-state index in [0.29, 0.717) is 43.8 Å². The molecule has 0 aliphatic carbocycles. The average molecular weight is 588 g/mol. The summed E-state index contributed by atoms with van der Waals surface area (Å²) in [6.07, 6.45) is 2.68. The first-order valence-electron chi connectivity index (χ1n) is 14.2. The molecule has 5 rings (SSSR count). The molecule has 3 heterocycles. The molecule has 224 valence electrons. The standard InChI is InChI=1S/C32H34FN5O5/c1-21(39)36-26-9-5-23(6-10-26)20-38-27-18-24(17-22-3-7-25(33)8-4-22)19-35-29(27)30(40)28(32(38)42)31(41)34-11-2-12-37-13-15-43-16-14-37/h3-10,18-19,40H,2,11-17,20H2,1H3,(H,34,41)(H,36,39). The minimum atomic E-state index is -0.668. The smallest absolute Gasteiger partial charge is 0.268 e. The minimum Gasteiger partial charge on any atom is -0.505 e. The van der Waals surface area contributed by atoms with Crippen LogP contribution in [0.4, 0.5) is 10.1 Å². The fourth-order valence-corrected chi connectivity index (χ4v) is 5.14. The number of carbonyl (C=O) groups excluding carboxylic acids is 2. The fourth-order valence-electron chi connectivity index (χ4n) is 5.14. The number of amides is 2. The van der Waals surface area contributed by atoms with E-state index in [1.807, 2.05) is 0 Å². The molecule has 1 fully saturated rings. The molecule has 11 heteroatoms. The number of hydrogen-bond donors (Lipinski definition) is 3. The van der Waals surface area contributed by atoms with Crippen molar-refractivity contribution in [3.05, 3.63) is 99.2 Å². The van der Waals surface area contributed by atoms with Crippen molar-refractivity contribution in [1.82, 2.24) is 19.8 Å². The molecule has 3 N–H and O–H groups in total. The van der Waals surface area contributed by atoms with E-state index < -0.39 is 17.2 Å². The second-order valence-corrected chi connectivity index (χ2v) is 10.6. The Labute approximate surface area is 248 Å². The predicted octanol–water partition coefficient (Wildman–Crippen LogP) is 3.29. The molecule has 0 spiro atoms. The summed E-state index contributed by atoms with van der Waals surface area (Å²) in [5.74, 6) is -1.68. The number of anilines is 1. The van der Waals surface area contributed by atoms with Gasteiger partial charge in [0, 0.05) is 38.4 Å². The van der Waals surface area contributed by atoms with Crippen molar-refractivity contribution in [2.24, 2.45) is 0 Å². The first-order valence-corrected chi connectivity index (χ1v) is 14.2. The number of aromatic hydroxyl groups is 1. The van der Waals surface area contributed by atoms with E-state index in [4.69, 9.17) is 4.74 Å². The number of nitrogens with zero attached hydrogens (tertiary/aromatic N) is 3. The second-order valence-electron chi connectivity index (χ2n) is 10.6. The van der Waals surface area contributed by atoms with Gasteiger partial charge in [0.05, 0.1) is 25.3 Å². The minimum absolute atomic E-state index is 0.0922. The first kappa shape index (κ1) is 29.9. The van der Waals surface area contributed by atoms with Crippen molar-refractivity contribution in [3.8, 4) is 5.75 Å². The Morgan fingerprint density at radius 1 is 1.02 bits per heavy atom. The fraction of sp³-hybridized carbons (Fsp3) is 0.312. The number of benzene rings is 2. The van der Waals surface area contributed by atoms with Crippen LogP contribution in [0.15, 0.2) is 65.6 Å². The largest absolute Gasteiger partial charge is 0.505 e. The molecule has 2 aromatic heterocycles. The van der Waals surface area contributed by atoms with Crippen molar-refractivity contribution in [3.63, 3.8) is 0 Å². The number of aromatic nitrogens is 2. The highest BCUT2D eigenvalue weighted by atomic mass is 19.1. The highest BCUT2D eigenvalue weighted by molar-refractivity contribution is 6.01. The molecule has 1 aliphatic rings. The Morgan fingerprint density at radius 3 is 2.42 bits per heavy atom. The maximum absolute atomic E-state index is 13.8. The number of halogens is 1. The van der Waals surface area contributed by atoms with Gasteiger partial charge >= 0.3 is 0 Å². The van der Waals surface area contributed by atoms with Crippen LogP contribution < -0.4 is 16.2 Å². The maximum Gasteiger partial charge on any atom is 0.268 e. The quantitative estimate of drug-likeness (QED) is 0.243. The summed E-state index contributed by atoms with van der Waals surface area (Å²) in [7, 11) is 0. The number of pyridine rings is 2. The molecule has 0 radical (unpaired) electrons. The monoisotopic (exact) mass is 587 g/mol. The van der Waals surface area contributed by atoms with E-state index in [9.17, 15) is 23.9 Å². The lowest BCUT2D eigenvalue weighted by Gasteiger charge is -2.26. The van der Waals surface area contributed by atoms with E-state index in [0.717, 1.165) is 36.3 Å². The van der Waals surface area contributed by atoms with Crippen molar-refractivity contribution < 1.29 is 23.8 Å². The van der Waals surface area contributed by atoms with Crippen LogP contribution in [-0.4, -0.2) is 70.8 Å². The Kier molecular flexibility index (Phi) is 9.43. The number of morpholine rings is 1. The van der Waals surface area contributed by atoms with Crippen LogP contribution in [0.3, 0.4) is 0 Å². The van der Waals surface area contributed by atoms with Crippen molar-refractivity contribution in [1.29, 1.82) is 0 Å². The summed E-state index contributed by atoms with van der Waals surface area (Å²) in [4.78, 5) is 45.2. The number of hydrogen-bond acceptors (Lipinski definition) is 7. The summed E-state index contributed by atoms with van der Waals surface area (Å²) in [6.45, 7) is 5.68. The number of fused-ring (bicyclic) bond motifs is 1. The van der Waals surface area contributed by atoms with Gasteiger partial charge in [-0.1, -0.05) is 24.3 Å². The Morgan fingerprint density at radius 2 is 1.72 bits per heavy atom. The zero-order valence-corrected chi connectivity index (χ0v) is 23.9. The zero-order chi connectivity index (χ0) is 30.3. The third-order valence-corrected chi connectivity index (χ3v) is 7.34. The molecule has 0 unspecified atom stereocenters. The summed E-state index contributed by atoms with van der Waals surface area (Å²) in [6, 6.07) is 14.9. The SMILES string of the molecule is CC(=O)Nc1ccc(Cn2c(=O)c(C(=O)NCCCN3CCOCC3)c(O)c3ncc(Cc4ccc(F)cc4)cc32)cc1. The van der Waals surface area contributed by atoms with Gasteiger partial charge in [-0.05, 0) is 66.4 Å². The third-order valence-electron chi connectivity index (χ3n) is 7.34. The van der Waals surface area contributed by atoms with Gasteiger partial charge in [0.1, 0.15) is 16.9 Å². The molecular weight excluding hydrogens is 553 g/mol. The van der Waals surface area contributed by atoms with Crippen LogP contribution in [0.25, 0.3) is 11.0 Å². The summed E-state index contributed by atoms with van der Waals surface area (Å²) in [5, 5.41) is 16.6. The van der Waals surface area contributed by atoms with E-state index in [2.05, 4.69) is 20.5 Å². The molecule has 4 aromatic rings. The van der Waals surface area contributed by atoms with Gasteiger partial charge in [-0.15, -0.1) is 0 Å². The summed E-state index contributed by atoms with van der Waals surface area (Å²) < 4.78 is 20.2. The van der Waals surface area contributed by atoms with Gasteiger partial charge in [0.15, 0.2) is 5.75 Å². The van der Waals surface area contributed by atoms with Gasteiger partial charge < -0.3 is 25.0 Å². The molecular formula is C32H34FN5O5. The van der Waals surface area contributed by atoms with E-state index >= 15 is 0 Å². The third kappa shape index (κ3) is 7.43. The lowest BCUT2D eigenvalue weighted by atomic mass is 10.0. The molecule has 0 saturated carbocycles. The van der Waals surface area contributed by atoms with Gasteiger partial charge in [-0.2, -0.15) is 0 Å². The zero-order valence-electron chi connectivity index (χ0n) is 23.9. The van der Waals surface area contributed by atoms with Crippen LogP contribution in [0.2, 0.25) is 0 Å². The Bertz CT molecular complexity index is 1670. The number of ether oxygens (including phenoxy) is 1. The molecule has 0 atom stereocenters. The highest BCUT2D eigenvalue weighted by Gasteiger charge is 2.24. The maximum atomic E-state index is 13.8. The lowest BCUT2D eigenvalue weighted by molar-refractivity contribution is -0.114. The van der Waals surface area contributed by atoms with E-state index in [-0.39, 0.29) is 29.3 Å². The lowest BCUT2D eigenvalue weighted by Crippen LogP contribution is -2.39. The average Bonchev–Trinajstić information content (AvgIpc) is 3.00. The Balaban J connectivity index is 1.46. The molecule has 1 aliphatic heterocycles. The topological polar surface area (TPSA) is 126 Å². The van der Waals surface area contributed by atoms with E-state index in [1.54, 1.807) is 48.7 Å². The number of nitrogens with one attached hydrogen (secondary N) is 2. The van der Waals surface area contributed by atoms with Crippen LogP contribution >= 0.6 is 0 Å². The van der Waals surface area contributed by atoms with E-state index in [1.165, 1.54) is 23.6 Å². The molecule has 2 amide bonds. The van der Waals surface area contributed by atoms with Gasteiger partial charge in [0.2, 0.25) is 5.91 Å². The molecule has 43 heavy (non-hydrogen) atoms. The summed E-state index contributed by atoms with van der Waals surface area (Å²) in [5.41, 5.74) is 2.40. The normalized spacial score (nSPS) is 13.6. The molecule has 10 nitrogen and oxygen atoms in total. The van der Waals surface area contributed by atoms with Crippen LogP contribution in [0, 0.1) is 5.82 Å². The second kappa shape index (κ2) is 13.6. The van der Waals surface area contributed by atoms with Crippen LogP contribution in [0.1, 0.15) is 40.4 Å². The van der Waals surface area contributed by atoms with Gasteiger partial charge in [-0.25, -0.2) is 4.39 Å². The number of carbonyl (C=O) groups is 2. The van der Waals surface area contributed by atoms with Gasteiger partial charge in [0.25, 0.3) is 11.5 Å². The number of rotatable bonds is 10. The van der Waals surface area contributed by atoms with Crippen LogP contribution in [0.5, 0.6) is 5.75 Å². The first-order chi connectivity index (χ1) is 20.8. The highest BCUT2D eigenvalue weighted by Crippen LogP contribution is 2.27. The molecule has 1 saturated heterocycles. The van der Waals surface area contributed by atoms with Crippen molar-refractivity contribution in [2.45, 2.75) is 26.3 Å². The van der Waals surface area contributed by atoms with Gasteiger partial charge in [-0.3, -0.25) is 24.3 Å². The molecule has 2 aromatic carbocycles. The van der Waals surface area contributed by atoms with Crippen LogP contribution in [-0.2, 0) is 22.5 Å².